The van der Waals surface area contributed by atoms with Gasteiger partial charge in [-0.15, -0.1) is 0 Å². The van der Waals surface area contributed by atoms with E-state index in [0.29, 0.717) is 0 Å². The maximum atomic E-state index is 10.4. The monoisotopic (exact) mass is 310 g/mol. The van der Waals surface area contributed by atoms with E-state index in [-0.39, 0.29) is 0 Å². The van der Waals surface area contributed by atoms with Crippen LogP contribution in [0.2, 0.25) is 0 Å². The second kappa shape index (κ2) is 8.80. The molecule has 1 heterocycles. The molecular weight excluding hydrogens is 288 g/mol. The number of aldehydes is 1. The molecule has 2 aromatic rings. The maximum Gasteiger partial charge on any atom is 0.145 e. The van der Waals surface area contributed by atoms with E-state index >= 15 is 0 Å². The average molecular weight is 310 g/mol. The molecule has 0 atom stereocenters. The number of allylic oxidation sites excluding steroid dienone is 1. The van der Waals surface area contributed by atoms with Crippen molar-refractivity contribution in [1.29, 1.82) is 0 Å². The minimum Gasteiger partial charge on any atom is -0.369 e. The van der Waals surface area contributed by atoms with Crippen LogP contribution in [0.15, 0.2) is 42.7 Å². The van der Waals surface area contributed by atoms with E-state index in [4.69, 9.17) is 0 Å². The Kier molecular flexibility index (Phi) is 6.44. The van der Waals surface area contributed by atoms with E-state index in [0.717, 1.165) is 48.4 Å². The van der Waals surface area contributed by atoms with Gasteiger partial charge in [-0.05, 0) is 44.8 Å². The van der Waals surface area contributed by atoms with Crippen molar-refractivity contribution in [2.24, 2.45) is 0 Å². The van der Waals surface area contributed by atoms with Crippen molar-refractivity contribution in [1.82, 2.24) is 14.9 Å². The first-order valence-corrected chi connectivity index (χ1v) is 7.62. The molecule has 0 bridgehead atoms. The normalized spacial score (nSPS) is 11.1. The highest BCUT2D eigenvalue weighted by atomic mass is 16.1. The summed E-state index contributed by atoms with van der Waals surface area (Å²) in [5.41, 5.74) is 2.74. The summed E-state index contributed by atoms with van der Waals surface area (Å²) < 4.78 is 0. The number of aromatic nitrogens is 2. The summed E-state index contributed by atoms with van der Waals surface area (Å²) in [6, 6.07) is 7.86. The van der Waals surface area contributed by atoms with Crippen molar-refractivity contribution in [3.05, 3.63) is 48.3 Å². The predicted octanol–water partition coefficient (Wildman–Crippen LogP) is 2.72. The lowest BCUT2D eigenvalue weighted by Crippen LogP contribution is -2.16. The lowest BCUT2D eigenvalue weighted by molar-refractivity contribution is -0.104. The highest BCUT2D eigenvalue weighted by molar-refractivity contribution is 5.75. The number of hydrogen-bond donors (Lipinski definition) is 1. The number of benzene rings is 1. The Hall–Kier alpha value is -2.53. The zero-order valence-electron chi connectivity index (χ0n) is 13.6. The molecule has 0 spiro atoms. The standard InChI is InChI=1S/C18H22N4O/c1-22(2)10-5-9-20-18-14-19-13-17(21-18)16-8-3-6-15(12-16)7-4-11-23/h3-4,6-8,11-14H,5,9-10H2,1-2H3,(H,20,21)/b7-4+. The molecule has 2 rings (SSSR count). The largest absolute Gasteiger partial charge is 0.369 e. The lowest BCUT2D eigenvalue weighted by Gasteiger charge is -2.10. The smallest absolute Gasteiger partial charge is 0.145 e. The minimum absolute atomic E-state index is 0.769. The lowest BCUT2D eigenvalue weighted by atomic mass is 10.1. The summed E-state index contributed by atoms with van der Waals surface area (Å²) in [6.45, 7) is 1.89. The Morgan fingerprint density at radius 1 is 1.26 bits per heavy atom. The molecule has 0 aliphatic heterocycles. The summed E-state index contributed by atoms with van der Waals surface area (Å²) in [6.07, 6.45) is 8.54. The van der Waals surface area contributed by atoms with Crippen LogP contribution in [0, 0.1) is 0 Å². The quantitative estimate of drug-likeness (QED) is 0.461. The topological polar surface area (TPSA) is 58.1 Å². The number of nitrogens with one attached hydrogen (secondary N) is 1. The van der Waals surface area contributed by atoms with Gasteiger partial charge in [-0.2, -0.15) is 0 Å². The minimum atomic E-state index is 0.769. The van der Waals surface area contributed by atoms with Crippen LogP contribution in [0.1, 0.15) is 12.0 Å². The Labute approximate surface area is 137 Å². The van der Waals surface area contributed by atoms with Crippen molar-refractivity contribution in [2.45, 2.75) is 6.42 Å². The molecular formula is C18H22N4O. The third kappa shape index (κ3) is 5.64. The van der Waals surface area contributed by atoms with E-state index < -0.39 is 0 Å². The van der Waals surface area contributed by atoms with Gasteiger partial charge in [-0.1, -0.05) is 24.3 Å². The van der Waals surface area contributed by atoms with Gasteiger partial charge in [0.2, 0.25) is 0 Å². The first-order chi connectivity index (χ1) is 11.2. The Morgan fingerprint density at radius 2 is 2.13 bits per heavy atom. The summed E-state index contributed by atoms with van der Waals surface area (Å²) in [7, 11) is 4.12. The Morgan fingerprint density at radius 3 is 2.91 bits per heavy atom. The van der Waals surface area contributed by atoms with E-state index in [1.54, 1.807) is 18.5 Å². The van der Waals surface area contributed by atoms with Gasteiger partial charge < -0.3 is 10.2 Å². The van der Waals surface area contributed by atoms with Crippen LogP contribution in [-0.4, -0.2) is 48.3 Å². The zero-order chi connectivity index (χ0) is 16.5. The van der Waals surface area contributed by atoms with Crippen LogP contribution in [-0.2, 0) is 4.79 Å². The van der Waals surface area contributed by atoms with Crippen molar-refractivity contribution in [3.63, 3.8) is 0 Å². The van der Waals surface area contributed by atoms with Gasteiger partial charge in [-0.25, -0.2) is 4.98 Å². The number of rotatable bonds is 8. The first-order valence-electron chi connectivity index (χ1n) is 7.62. The predicted molar refractivity (Wildman–Crippen MR) is 94.2 cm³/mol. The van der Waals surface area contributed by atoms with Gasteiger partial charge in [0.25, 0.3) is 0 Å². The fraction of sp³-hybridized carbons (Fsp3) is 0.278. The zero-order valence-corrected chi connectivity index (χ0v) is 13.6. The van der Waals surface area contributed by atoms with Crippen LogP contribution in [0.25, 0.3) is 17.3 Å². The number of nitrogens with zero attached hydrogens (tertiary/aromatic N) is 3. The summed E-state index contributed by atoms with van der Waals surface area (Å²) >= 11 is 0. The second-order valence-electron chi connectivity index (χ2n) is 5.49. The molecule has 0 fully saturated rings. The van der Waals surface area contributed by atoms with Crippen molar-refractivity contribution in [2.75, 3.05) is 32.5 Å². The van der Waals surface area contributed by atoms with E-state index in [1.165, 1.54) is 6.08 Å². The number of hydrogen-bond acceptors (Lipinski definition) is 5. The molecule has 1 aromatic carbocycles. The number of anilines is 1. The van der Waals surface area contributed by atoms with E-state index in [1.807, 2.05) is 24.3 Å². The molecule has 0 aliphatic carbocycles. The summed E-state index contributed by atoms with van der Waals surface area (Å²) in [4.78, 5) is 21.4. The van der Waals surface area contributed by atoms with Crippen molar-refractivity contribution < 1.29 is 4.79 Å². The van der Waals surface area contributed by atoms with Gasteiger partial charge in [-0.3, -0.25) is 9.78 Å². The van der Waals surface area contributed by atoms with Crippen LogP contribution >= 0.6 is 0 Å². The van der Waals surface area contributed by atoms with E-state index in [9.17, 15) is 4.79 Å². The van der Waals surface area contributed by atoms with E-state index in [2.05, 4.69) is 34.3 Å². The fourth-order valence-electron chi connectivity index (χ4n) is 2.15. The maximum absolute atomic E-state index is 10.4. The molecule has 0 aliphatic rings. The highest BCUT2D eigenvalue weighted by Crippen LogP contribution is 2.19. The molecule has 5 nitrogen and oxygen atoms in total. The van der Waals surface area contributed by atoms with Crippen LogP contribution < -0.4 is 5.32 Å². The molecule has 1 aromatic heterocycles. The van der Waals surface area contributed by atoms with Crippen LogP contribution in [0.4, 0.5) is 5.82 Å². The Balaban J connectivity index is 2.07. The molecule has 0 amide bonds. The van der Waals surface area contributed by atoms with Crippen molar-refractivity contribution in [3.8, 4) is 11.3 Å². The van der Waals surface area contributed by atoms with Gasteiger partial charge >= 0.3 is 0 Å². The van der Waals surface area contributed by atoms with Gasteiger partial charge in [0, 0.05) is 12.1 Å². The molecule has 0 unspecified atom stereocenters. The fourth-order valence-corrected chi connectivity index (χ4v) is 2.15. The SMILES string of the molecule is CN(C)CCCNc1cncc(-c2cccc(/C=C/C=O)c2)n1. The van der Waals surface area contributed by atoms with Gasteiger partial charge in [0.15, 0.2) is 0 Å². The number of carbonyl (C=O) groups is 1. The van der Waals surface area contributed by atoms with Crippen LogP contribution in [0.3, 0.4) is 0 Å². The second-order valence-corrected chi connectivity index (χ2v) is 5.49. The highest BCUT2D eigenvalue weighted by Gasteiger charge is 2.02. The van der Waals surface area contributed by atoms with Crippen molar-refractivity contribution >= 4 is 18.2 Å². The van der Waals surface area contributed by atoms with Gasteiger partial charge in [0.05, 0.1) is 18.1 Å². The third-order valence-electron chi connectivity index (χ3n) is 3.27. The summed E-state index contributed by atoms with van der Waals surface area (Å²) in [5, 5.41) is 3.30. The number of carbonyl (C=O) groups excluding carboxylic acids is 1. The summed E-state index contributed by atoms with van der Waals surface area (Å²) in [5.74, 6) is 0.773. The molecule has 1 N–H and O–H groups in total. The molecule has 120 valence electrons. The Bertz CT molecular complexity index is 668. The molecule has 0 radical (unpaired) electrons. The molecule has 0 saturated carbocycles. The first kappa shape index (κ1) is 16.8. The third-order valence-corrected chi connectivity index (χ3v) is 3.27. The average Bonchev–Trinajstić information content (AvgIpc) is 2.57. The molecule has 23 heavy (non-hydrogen) atoms. The molecule has 0 saturated heterocycles. The van der Waals surface area contributed by atoms with Gasteiger partial charge in [0.1, 0.15) is 12.1 Å². The van der Waals surface area contributed by atoms with Crippen LogP contribution in [0.5, 0.6) is 0 Å². The molecule has 5 heteroatoms.